The number of hydrogen-bond donors (Lipinski definition) is 1. The third-order valence-corrected chi connectivity index (χ3v) is 6.47. The van der Waals surface area contributed by atoms with Crippen LogP contribution in [0.2, 0.25) is 0 Å². The van der Waals surface area contributed by atoms with Crippen molar-refractivity contribution in [3.05, 3.63) is 0 Å². The third kappa shape index (κ3) is 2.33. The van der Waals surface area contributed by atoms with Gasteiger partial charge in [-0.2, -0.15) is 5.06 Å². The maximum Gasteiger partial charge on any atom is 0.0498 e. The molecule has 1 unspecified atom stereocenters. The van der Waals surface area contributed by atoms with Gasteiger partial charge in [-0.05, 0) is 43.9 Å². The summed E-state index contributed by atoms with van der Waals surface area (Å²) in [7, 11) is 0. The van der Waals surface area contributed by atoms with Gasteiger partial charge in [-0.3, -0.25) is 0 Å². The van der Waals surface area contributed by atoms with E-state index in [-0.39, 0.29) is 18.5 Å². The number of rotatable bonds is 1. The van der Waals surface area contributed by atoms with E-state index in [0.29, 0.717) is 11.8 Å². The Morgan fingerprint density at radius 3 is 1.90 bits per heavy atom. The Balaban J connectivity index is 0.00000147. The highest BCUT2D eigenvalue weighted by Crippen LogP contribution is 2.57. The molecular formula is C18H35NO. The lowest BCUT2D eigenvalue weighted by molar-refractivity contribution is -0.233. The average Bonchev–Trinajstić information content (AvgIpc) is 2.65. The molecule has 0 aromatic heterocycles. The van der Waals surface area contributed by atoms with E-state index in [0.717, 1.165) is 0 Å². The fraction of sp³-hybridized carbons (Fsp3) is 1.00. The minimum absolute atomic E-state index is 0. The summed E-state index contributed by atoms with van der Waals surface area (Å²) in [4.78, 5) is 0. The molecule has 2 heteroatoms. The summed E-state index contributed by atoms with van der Waals surface area (Å²) in [5, 5.41) is 13.1. The predicted octanol–water partition coefficient (Wildman–Crippen LogP) is 5.40. The van der Waals surface area contributed by atoms with Crippen molar-refractivity contribution >= 4 is 0 Å². The van der Waals surface area contributed by atoms with Crippen molar-refractivity contribution in [2.24, 2.45) is 11.8 Å². The predicted molar refractivity (Wildman–Crippen MR) is 84.9 cm³/mol. The molecule has 0 bridgehead atoms. The normalized spacial score (nSPS) is 32.7. The molecule has 1 saturated heterocycles. The van der Waals surface area contributed by atoms with E-state index in [1.54, 1.807) is 0 Å². The minimum Gasteiger partial charge on any atom is -0.313 e. The van der Waals surface area contributed by atoms with E-state index in [2.05, 4.69) is 13.8 Å². The molecule has 2 nitrogen and oxygen atoms in total. The molecule has 0 radical (unpaired) electrons. The molecule has 0 aromatic rings. The Kier molecular flexibility index (Phi) is 4.86. The standard InChI is InChI=1S/C17H31NO.CH4/c1-14(2)15-13-16(9-5-3-6-10-16)18(19)17(15)11-7-4-8-12-17;/h14-15,19H,3-13H2,1-2H3;1H4. The van der Waals surface area contributed by atoms with Crippen LogP contribution in [0.4, 0.5) is 0 Å². The molecule has 1 N–H and O–H groups in total. The molecule has 1 aliphatic heterocycles. The van der Waals surface area contributed by atoms with Crippen LogP contribution in [0, 0.1) is 11.8 Å². The summed E-state index contributed by atoms with van der Waals surface area (Å²) in [6, 6.07) is 0. The van der Waals surface area contributed by atoms with Crippen molar-refractivity contribution in [2.75, 3.05) is 0 Å². The topological polar surface area (TPSA) is 23.5 Å². The van der Waals surface area contributed by atoms with Crippen molar-refractivity contribution in [1.29, 1.82) is 0 Å². The minimum atomic E-state index is 0. The van der Waals surface area contributed by atoms with E-state index in [1.165, 1.54) is 70.6 Å². The van der Waals surface area contributed by atoms with Crippen LogP contribution in [0.25, 0.3) is 0 Å². The zero-order valence-corrected chi connectivity index (χ0v) is 12.8. The monoisotopic (exact) mass is 281 g/mol. The quantitative estimate of drug-likeness (QED) is 0.696. The number of hydroxylamine groups is 2. The Labute approximate surface area is 125 Å². The highest BCUT2D eigenvalue weighted by molar-refractivity contribution is 5.11. The van der Waals surface area contributed by atoms with Crippen LogP contribution in [0.1, 0.15) is 91.9 Å². The smallest absolute Gasteiger partial charge is 0.0498 e. The van der Waals surface area contributed by atoms with Crippen LogP contribution >= 0.6 is 0 Å². The van der Waals surface area contributed by atoms with Gasteiger partial charge < -0.3 is 5.21 Å². The largest absolute Gasteiger partial charge is 0.313 e. The highest BCUT2D eigenvalue weighted by Gasteiger charge is 2.60. The first-order chi connectivity index (χ1) is 9.11. The van der Waals surface area contributed by atoms with E-state index < -0.39 is 0 Å². The molecule has 1 atom stereocenters. The molecule has 3 fully saturated rings. The van der Waals surface area contributed by atoms with Crippen LogP contribution in [0.15, 0.2) is 0 Å². The lowest BCUT2D eigenvalue weighted by Gasteiger charge is -2.48. The first-order valence-electron chi connectivity index (χ1n) is 8.60. The molecule has 118 valence electrons. The first kappa shape index (κ1) is 16.3. The first-order valence-corrected chi connectivity index (χ1v) is 8.60. The Hall–Kier alpha value is -0.0800. The molecule has 0 aromatic carbocycles. The number of hydrogen-bond acceptors (Lipinski definition) is 2. The van der Waals surface area contributed by atoms with Crippen LogP contribution < -0.4 is 0 Å². The fourth-order valence-electron chi connectivity index (χ4n) is 5.54. The van der Waals surface area contributed by atoms with Gasteiger partial charge in [0.05, 0.1) is 0 Å². The van der Waals surface area contributed by atoms with Gasteiger partial charge >= 0.3 is 0 Å². The summed E-state index contributed by atoms with van der Waals surface area (Å²) in [5.74, 6) is 1.41. The van der Waals surface area contributed by atoms with Crippen molar-refractivity contribution in [3.8, 4) is 0 Å². The van der Waals surface area contributed by atoms with E-state index in [4.69, 9.17) is 0 Å². The molecule has 2 spiro atoms. The lowest BCUT2D eigenvalue weighted by atomic mass is 9.69. The van der Waals surface area contributed by atoms with E-state index in [9.17, 15) is 5.21 Å². The molecule has 1 heterocycles. The van der Waals surface area contributed by atoms with Crippen LogP contribution in [-0.4, -0.2) is 21.3 Å². The van der Waals surface area contributed by atoms with Gasteiger partial charge in [-0.25, -0.2) is 0 Å². The van der Waals surface area contributed by atoms with Gasteiger partial charge in [0.25, 0.3) is 0 Å². The number of nitrogens with zero attached hydrogens (tertiary/aromatic N) is 1. The summed E-state index contributed by atoms with van der Waals surface area (Å²) >= 11 is 0. The maximum absolute atomic E-state index is 11.1. The van der Waals surface area contributed by atoms with Crippen LogP contribution in [0.3, 0.4) is 0 Å². The van der Waals surface area contributed by atoms with Crippen molar-refractivity contribution in [1.82, 2.24) is 5.06 Å². The summed E-state index contributed by atoms with van der Waals surface area (Å²) in [6.45, 7) is 4.74. The van der Waals surface area contributed by atoms with Gasteiger partial charge in [0.2, 0.25) is 0 Å². The Morgan fingerprint density at radius 1 is 0.900 bits per heavy atom. The maximum atomic E-state index is 11.1. The van der Waals surface area contributed by atoms with Crippen LogP contribution in [0.5, 0.6) is 0 Å². The van der Waals surface area contributed by atoms with E-state index >= 15 is 0 Å². The summed E-state index contributed by atoms with van der Waals surface area (Å²) in [6.07, 6.45) is 14.2. The van der Waals surface area contributed by atoms with Gasteiger partial charge in [-0.15, -0.1) is 0 Å². The van der Waals surface area contributed by atoms with Gasteiger partial charge in [-0.1, -0.05) is 59.8 Å². The SMILES string of the molecule is C.CC(C)C1CC2(CCCCC2)N(O)C12CCCCC2. The molecule has 20 heavy (non-hydrogen) atoms. The summed E-state index contributed by atoms with van der Waals surface area (Å²) < 4.78 is 0. The second kappa shape index (κ2) is 5.96. The molecule has 3 aliphatic rings. The lowest BCUT2D eigenvalue weighted by Crippen LogP contribution is -2.55. The molecule has 2 saturated carbocycles. The molecule has 2 aliphatic carbocycles. The molecule has 3 rings (SSSR count). The van der Waals surface area contributed by atoms with Crippen molar-refractivity contribution in [3.63, 3.8) is 0 Å². The zero-order valence-electron chi connectivity index (χ0n) is 12.8. The second-order valence-corrected chi connectivity index (χ2v) is 7.82. The summed E-state index contributed by atoms with van der Waals surface area (Å²) in [5.41, 5.74) is 0.272. The Morgan fingerprint density at radius 2 is 1.40 bits per heavy atom. The third-order valence-electron chi connectivity index (χ3n) is 6.47. The van der Waals surface area contributed by atoms with Gasteiger partial charge in [0.15, 0.2) is 0 Å². The average molecular weight is 281 g/mol. The molecular weight excluding hydrogens is 246 g/mol. The zero-order chi connectivity index (χ0) is 13.5. The Bertz CT molecular complexity index is 313. The highest BCUT2D eigenvalue weighted by atomic mass is 16.5. The van der Waals surface area contributed by atoms with Crippen LogP contribution in [-0.2, 0) is 0 Å². The second-order valence-electron chi connectivity index (χ2n) is 7.82. The fourth-order valence-corrected chi connectivity index (χ4v) is 5.54. The van der Waals surface area contributed by atoms with Crippen molar-refractivity contribution in [2.45, 2.75) is 103 Å². The van der Waals surface area contributed by atoms with Crippen molar-refractivity contribution < 1.29 is 5.21 Å². The van der Waals surface area contributed by atoms with Gasteiger partial charge in [0, 0.05) is 11.1 Å². The molecule has 0 amide bonds. The van der Waals surface area contributed by atoms with Gasteiger partial charge in [0.1, 0.15) is 0 Å². The van der Waals surface area contributed by atoms with E-state index in [1.807, 2.05) is 5.06 Å².